The summed E-state index contributed by atoms with van der Waals surface area (Å²) in [5.41, 5.74) is 1.14. The van der Waals surface area contributed by atoms with E-state index in [0.29, 0.717) is 73.4 Å². The molecule has 0 saturated carbocycles. The zero-order chi connectivity index (χ0) is 22.1. The first-order valence-corrected chi connectivity index (χ1v) is 11.3. The Morgan fingerprint density at radius 1 is 1.06 bits per heavy atom. The molecule has 1 aliphatic carbocycles. The normalized spacial score (nSPS) is 25.3. The maximum absolute atomic E-state index is 12.7. The quantitative estimate of drug-likeness (QED) is 0.615. The predicted octanol–water partition coefficient (Wildman–Crippen LogP) is 1.99. The number of nitrogens with zero attached hydrogens (tertiary/aromatic N) is 4. The number of allylic oxidation sites excluding steroid dienone is 2. The van der Waals surface area contributed by atoms with Crippen LogP contribution in [0.3, 0.4) is 0 Å². The maximum Gasteiger partial charge on any atom is 0.259 e. The molecule has 6 rings (SSSR count). The van der Waals surface area contributed by atoms with E-state index in [1.807, 2.05) is 17.1 Å². The summed E-state index contributed by atoms with van der Waals surface area (Å²) in [5.74, 6) is 1.96. The molecule has 1 aromatic heterocycles. The van der Waals surface area contributed by atoms with Crippen molar-refractivity contribution in [1.29, 1.82) is 0 Å². The number of hydrogen-bond donors (Lipinski definition) is 2. The average Bonchev–Trinajstić information content (AvgIpc) is 3.13. The molecule has 0 spiro atoms. The highest BCUT2D eigenvalue weighted by molar-refractivity contribution is 6.32. The largest absolute Gasteiger partial charge is 0.498 e. The molecule has 2 amide bonds. The molecule has 4 bridgehead atoms. The van der Waals surface area contributed by atoms with Crippen LogP contribution < -0.4 is 15.5 Å². The van der Waals surface area contributed by atoms with E-state index in [1.165, 1.54) is 6.33 Å². The molecule has 2 N–H and O–H groups in total. The van der Waals surface area contributed by atoms with Crippen molar-refractivity contribution in [2.75, 3.05) is 43.0 Å². The fourth-order valence-corrected chi connectivity index (χ4v) is 4.58. The minimum absolute atomic E-state index is 0.173. The number of carbonyl (C=O) groups is 2. The summed E-state index contributed by atoms with van der Waals surface area (Å²) < 4.78 is 5.91. The topological polar surface area (TPSA) is 99.7 Å². The van der Waals surface area contributed by atoms with Gasteiger partial charge < -0.3 is 25.2 Å². The van der Waals surface area contributed by atoms with Crippen molar-refractivity contribution < 1.29 is 14.3 Å². The number of fused-ring (bicyclic) bond motifs is 8. The number of hydrogen-bond acceptors (Lipinski definition) is 7. The van der Waals surface area contributed by atoms with Crippen LogP contribution in [-0.2, 0) is 14.3 Å². The zero-order valence-corrected chi connectivity index (χ0v) is 18.4. The minimum atomic E-state index is -0.236. The van der Waals surface area contributed by atoms with Gasteiger partial charge in [-0.05, 0) is 25.0 Å². The lowest BCUT2D eigenvalue weighted by Gasteiger charge is -2.36. The van der Waals surface area contributed by atoms with E-state index in [2.05, 4.69) is 25.5 Å². The Kier molecular flexibility index (Phi) is 5.73. The van der Waals surface area contributed by atoms with Crippen molar-refractivity contribution in [3.8, 4) is 0 Å². The van der Waals surface area contributed by atoms with Gasteiger partial charge in [0.25, 0.3) is 5.91 Å². The molecule has 0 radical (unpaired) electrons. The summed E-state index contributed by atoms with van der Waals surface area (Å²) in [5, 5.41) is 6.76. The molecule has 1 atom stereocenters. The molecule has 1 unspecified atom stereocenters. The predicted molar refractivity (Wildman–Crippen MR) is 121 cm³/mol. The highest BCUT2D eigenvalue weighted by Gasteiger charge is 2.33. The molecule has 5 heterocycles. The van der Waals surface area contributed by atoms with Crippen molar-refractivity contribution in [3.63, 3.8) is 0 Å². The molecule has 32 heavy (non-hydrogen) atoms. The van der Waals surface area contributed by atoms with Crippen molar-refractivity contribution in [2.45, 2.75) is 31.7 Å². The van der Waals surface area contributed by atoms with Gasteiger partial charge in [-0.15, -0.1) is 0 Å². The third-order valence-corrected chi connectivity index (χ3v) is 6.56. The summed E-state index contributed by atoms with van der Waals surface area (Å²) in [6, 6.07) is -0.196. The fourth-order valence-electron chi connectivity index (χ4n) is 4.38. The van der Waals surface area contributed by atoms with E-state index in [1.54, 1.807) is 6.20 Å². The summed E-state index contributed by atoms with van der Waals surface area (Å²) in [4.78, 5) is 38.1. The van der Waals surface area contributed by atoms with E-state index in [0.717, 1.165) is 18.6 Å². The summed E-state index contributed by atoms with van der Waals surface area (Å²) >= 11 is 6.42. The maximum atomic E-state index is 12.7. The highest BCUT2D eigenvalue weighted by atomic mass is 35.5. The molecule has 5 aliphatic rings. The van der Waals surface area contributed by atoms with Gasteiger partial charge in [0.15, 0.2) is 0 Å². The van der Waals surface area contributed by atoms with Gasteiger partial charge in [-0.1, -0.05) is 11.6 Å². The number of piperazine rings is 1. The van der Waals surface area contributed by atoms with Crippen molar-refractivity contribution in [2.24, 2.45) is 0 Å². The molecule has 4 aliphatic heterocycles. The molecule has 10 heteroatoms. The van der Waals surface area contributed by atoms with Crippen molar-refractivity contribution in [1.82, 2.24) is 20.2 Å². The van der Waals surface area contributed by atoms with Gasteiger partial charge in [-0.25, -0.2) is 9.97 Å². The van der Waals surface area contributed by atoms with Crippen LogP contribution in [0.5, 0.6) is 0 Å². The second-order valence-electron chi connectivity index (χ2n) is 8.21. The minimum Gasteiger partial charge on any atom is -0.498 e. The zero-order valence-electron chi connectivity index (χ0n) is 17.6. The smallest absolute Gasteiger partial charge is 0.259 e. The number of nitrogens with one attached hydrogen (secondary N) is 2. The number of halogens is 1. The molecule has 1 aromatic rings. The average molecular weight is 457 g/mol. The second-order valence-corrected chi connectivity index (χ2v) is 8.65. The first kappa shape index (κ1) is 20.8. The molecular formula is C22H25ClN6O3. The second kappa shape index (κ2) is 8.82. The molecule has 1 fully saturated rings. The molecular weight excluding hydrogens is 432 g/mol. The monoisotopic (exact) mass is 456 g/mol. The Labute approximate surface area is 191 Å². The van der Waals surface area contributed by atoms with Crippen LogP contribution in [0.25, 0.3) is 5.57 Å². The fraction of sp³-hybridized carbons (Fsp3) is 0.455. The van der Waals surface area contributed by atoms with Gasteiger partial charge in [0.1, 0.15) is 18.0 Å². The lowest BCUT2D eigenvalue weighted by atomic mass is 10.1. The van der Waals surface area contributed by atoms with Crippen LogP contribution in [-0.4, -0.2) is 65.5 Å². The Hall–Kier alpha value is -3.07. The number of anilines is 2. The van der Waals surface area contributed by atoms with Crippen molar-refractivity contribution >= 4 is 40.6 Å². The van der Waals surface area contributed by atoms with E-state index in [4.69, 9.17) is 16.3 Å². The first-order chi connectivity index (χ1) is 15.6. The number of rotatable bonds is 0. The van der Waals surface area contributed by atoms with Crippen molar-refractivity contribution in [3.05, 3.63) is 41.0 Å². The molecule has 1 saturated heterocycles. The highest BCUT2D eigenvalue weighted by Crippen LogP contribution is 2.36. The SMILES string of the molecule is O=C1Nc2ncnc3c2/C1=C/NC1CC(=CC=C1Cl)OCCCCC(=O)N1CCN3CC1. The lowest BCUT2D eigenvalue weighted by Crippen LogP contribution is -2.49. The summed E-state index contributed by atoms with van der Waals surface area (Å²) in [6.45, 7) is 3.12. The number of amides is 2. The van der Waals surface area contributed by atoms with Crippen LogP contribution >= 0.6 is 11.6 Å². The third-order valence-electron chi connectivity index (χ3n) is 6.17. The third kappa shape index (κ3) is 4.04. The first-order valence-electron chi connectivity index (χ1n) is 10.9. The van der Waals surface area contributed by atoms with Crippen LogP contribution in [0.15, 0.2) is 35.5 Å². The Morgan fingerprint density at radius 2 is 1.88 bits per heavy atom. The van der Waals surface area contributed by atoms with Gasteiger partial charge in [0, 0.05) is 50.3 Å². The van der Waals surface area contributed by atoms with E-state index in [-0.39, 0.29) is 17.9 Å². The van der Waals surface area contributed by atoms with Crippen LogP contribution in [0.2, 0.25) is 0 Å². The molecule has 0 aromatic carbocycles. The molecule has 168 valence electrons. The van der Waals surface area contributed by atoms with E-state index in [9.17, 15) is 9.59 Å². The number of ether oxygens (including phenoxy) is 1. The van der Waals surface area contributed by atoms with Crippen LogP contribution in [0, 0.1) is 0 Å². The van der Waals surface area contributed by atoms with E-state index < -0.39 is 0 Å². The summed E-state index contributed by atoms with van der Waals surface area (Å²) in [7, 11) is 0. The Bertz CT molecular complexity index is 1030. The summed E-state index contributed by atoms with van der Waals surface area (Å²) in [6.07, 6.45) is 9.55. The Morgan fingerprint density at radius 3 is 2.72 bits per heavy atom. The lowest BCUT2D eigenvalue weighted by molar-refractivity contribution is -0.131. The van der Waals surface area contributed by atoms with Gasteiger partial charge in [-0.3, -0.25) is 9.59 Å². The number of aromatic nitrogens is 2. The molecule has 9 nitrogen and oxygen atoms in total. The number of carbonyl (C=O) groups excluding carboxylic acids is 2. The van der Waals surface area contributed by atoms with Gasteiger partial charge in [0.05, 0.1) is 29.5 Å². The van der Waals surface area contributed by atoms with Crippen LogP contribution in [0.4, 0.5) is 11.6 Å². The Balaban J connectivity index is 1.48. The van der Waals surface area contributed by atoms with Gasteiger partial charge >= 0.3 is 0 Å². The van der Waals surface area contributed by atoms with Gasteiger partial charge in [-0.2, -0.15) is 0 Å². The standard InChI is InChI=1S/C22H25ClN6O3/c23-16-5-4-14-11-17(16)24-12-15-19-20(27-22(15)31)25-13-26-21(19)29-8-6-28(7-9-29)18(30)3-1-2-10-32-14/h4-5,12-13,17,24H,1-3,6-11H2,(H,25,26,27,31)/b15-12-. The van der Waals surface area contributed by atoms with Gasteiger partial charge in [0.2, 0.25) is 5.91 Å². The van der Waals surface area contributed by atoms with E-state index >= 15 is 0 Å². The van der Waals surface area contributed by atoms with Crippen LogP contribution in [0.1, 0.15) is 31.2 Å².